The summed E-state index contributed by atoms with van der Waals surface area (Å²) in [6.07, 6.45) is 3.90. The third kappa shape index (κ3) is 3.44. The Morgan fingerprint density at radius 3 is 2.86 bits per heavy atom. The summed E-state index contributed by atoms with van der Waals surface area (Å²) in [5.41, 5.74) is 1.73. The van der Waals surface area contributed by atoms with Gasteiger partial charge in [0.1, 0.15) is 11.6 Å². The molecule has 1 unspecified atom stereocenters. The van der Waals surface area contributed by atoms with Gasteiger partial charge in [-0.25, -0.2) is 4.98 Å². The number of nitrogens with zero attached hydrogens (tertiary/aromatic N) is 2. The molecule has 1 aliphatic rings. The number of nitrogens with one attached hydrogen (secondary N) is 1. The number of rotatable bonds is 5. The molecule has 0 bridgehead atoms. The van der Waals surface area contributed by atoms with Gasteiger partial charge in [-0.15, -0.1) is 11.3 Å². The number of hydrogen-bond acceptors (Lipinski definition) is 4. The molecule has 6 heteroatoms. The van der Waals surface area contributed by atoms with Crippen LogP contribution in [-0.4, -0.2) is 15.5 Å². The van der Waals surface area contributed by atoms with E-state index in [-0.39, 0.29) is 24.1 Å². The first kappa shape index (κ1) is 15.0. The minimum Gasteiger partial charge on any atom is -0.345 e. The zero-order valence-corrected chi connectivity index (χ0v) is 13.5. The fourth-order valence-corrected chi connectivity index (χ4v) is 3.38. The molecule has 1 atom stereocenters. The van der Waals surface area contributed by atoms with Crippen molar-refractivity contribution in [2.75, 3.05) is 0 Å². The van der Waals surface area contributed by atoms with Crippen LogP contribution in [0.2, 0.25) is 0 Å². The highest BCUT2D eigenvalue weighted by Crippen LogP contribution is 2.41. The minimum absolute atomic E-state index is 0.0210. The molecular weight excluding hydrogens is 298 g/mol. The van der Waals surface area contributed by atoms with E-state index < -0.39 is 0 Å². The molecule has 0 aromatic carbocycles. The molecule has 2 aromatic rings. The Morgan fingerprint density at radius 1 is 1.50 bits per heavy atom. The zero-order valence-electron chi connectivity index (χ0n) is 12.7. The van der Waals surface area contributed by atoms with Crippen molar-refractivity contribution in [1.82, 2.24) is 14.9 Å². The Labute approximate surface area is 133 Å². The molecule has 2 aromatic heterocycles. The standard InChI is InChI=1S/C16H19N3O2S/c1-10-5-6-19(14(21)7-10)8-13(20)18-15(12-3-4-12)16-17-11(2)9-22-16/h5-7,9,12,15H,3-4,8H2,1-2H3,(H,18,20). The van der Waals surface area contributed by atoms with Gasteiger partial charge in [0.2, 0.25) is 5.91 Å². The number of thiazole rings is 1. The first-order chi connectivity index (χ1) is 10.5. The summed E-state index contributed by atoms with van der Waals surface area (Å²) < 4.78 is 1.43. The Bertz CT molecular complexity index is 746. The first-order valence-corrected chi connectivity index (χ1v) is 8.29. The highest BCUT2D eigenvalue weighted by Gasteiger charge is 2.35. The molecule has 5 nitrogen and oxygen atoms in total. The van der Waals surface area contributed by atoms with Crippen LogP contribution in [0.15, 0.2) is 28.5 Å². The Kier molecular flexibility index (Phi) is 4.11. The van der Waals surface area contributed by atoms with Crippen molar-refractivity contribution in [2.45, 2.75) is 39.3 Å². The number of carbonyl (C=O) groups is 1. The van der Waals surface area contributed by atoms with E-state index in [1.54, 1.807) is 17.5 Å². The van der Waals surface area contributed by atoms with Crippen LogP contribution in [0.5, 0.6) is 0 Å². The normalized spacial score (nSPS) is 15.5. The lowest BCUT2D eigenvalue weighted by Gasteiger charge is -2.16. The summed E-state index contributed by atoms with van der Waals surface area (Å²) in [5, 5.41) is 6.01. The smallest absolute Gasteiger partial charge is 0.251 e. The molecule has 1 N–H and O–H groups in total. The summed E-state index contributed by atoms with van der Waals surface area (Å²) in [6.45, 7) is 3.87. The third-order valence-electron chi connectivity index (χ3n) is 3.78. The van der Waals surface area contributed by atoms with Gasteiger partial charge in [-0.3, -0.25) is 9.59 Å². The maximum absolute atomic E-state index is 12.3. The van der Waals surface area contributed by atoms with Gasteiger partial charge >= 0.3 is 0 Å². The van der Waals surface area contributed by atoms with Crippen molar-refractivity contribution in [2.24, 2.45) is 5.92 Å². The molecule has 0 spiro atoms. The second kappa shape index (κ2) is 6.04. The van der Waals surface area contributed by atoms with Gasteiger partial charge in [-0.1, -0.05) is 0 Å². The van der Waals surface area contributed by atoms with Crippen LogP contribution in [-0.2, 0) is 11.3 Å². The molecule has 116 valence electrons. The van der Waals surface area contributed by atoms with E-state index in [4.69, 9.17) is 0 Å². The van der Waals surface area contributed by atoms with Crippen LogP contribution in [0, 0.1) is 19.8 Å². The van der Waals surface area contributed by atoms with Gasteiger partial charge in [0.05, 0.1) is 6.04 Å². The lowest BCUT2D eigenvalue weighted by Crippen LogP contribution is -2.35. The number of pyridine rings is 1. The van der Waals surface area contributed by atoms with Crippen molar-refractivity contribution in [1.29, 1.82) is 0 Å². The Hall–Kier alpha value is -1.95. The maximum atomic E-state index is 12.3. The second-order valence-electron chi connectivity index (χ2n) is 5.88. The predicted octanol–water partition coefficient (Wildman–Crippen LogP) is 2.19. The lowest BCUT2D eigenvalue weighted by atomic mass is 10.2. The SMILES string of the molecule is Cc1ccn(CC(=O)NC(c2nc(C)cs2)C2CC2)c(=O)c1. The van der Waals surface area contributed by atoms with Gasteiger partial charge in [0.25, 0.3) is 5.56 Å². The van der Waals surface area contributed by atoms with Gasteiger partial charge in [-0.2, -0.15) is 0 Å². The van der Waals surface area contributed by atoms with Gasteiger partial charge < -0.3 is 9.88 Å². The third-order valence-corrected chi connectivity index (χ3v) is 4.82. The average Bonchev–Trinajstić information content (AvgIpc) is 3.21. The Balaban J connectivity index is 1.70. The summed E-state index contributed by atoms with van der Waals surface area (Å²) in [4.78, 5) is 28.6. The predicted molar refractivity (Wildman–Crippen MR) is 85.9 cm³/mol. The van der Waals surface area contributed by atoms with E-state index in [1.165, 1.54) is 10.6 Å². The molecule has 1 amide bonds. The Morgan fingerprint density at radius 2 is 2.27 bits per heavy atom. The summed E-state index contributed by atoms with van der Waals surface area (Å²) in [6, 6.07) is 3.35. The van der Waals surface area contributed by atoms with Crippen LogP contribution in [0.25, 0.3) is 0 Å². The summed E-state index contributed by atoms with van der Waals surface area (Å²) in [7, 11) is 0. The molecule has 22 heavy (non-hydrogen) atoms. The van der Waals surface area contributed by atoms with Crippen LogP contribution in [0.4, 0.5) is 0 Å². The number of amides is 1. The van der Waals surface area contributed by atoms with E-state index in [1.807, 2.05) is 25.3 Å². The van der Waals surface area contributed by atoms with Crippen molar-refractivity contribution < 1.29 is 4.79 Å². The first-order valence-electron chi connectivity index (χ1n) is 7.41. The van der Waals surface area contributed by atoms with Gasteiger partial charge in [0.15, 0.2) is 0 Å². The van der Waals surface area contributed by atoms with Crippen LogP contribution in [0.1, 0.15) is 35.1 Å². The van der Waals surface area contributed by atoms with Crippen molar-refractivity contribution >= 4 is 17.2 Å². The average molecular weight is 317 g/mol. The highest BCUT2D eigenvalue weighted by atomic mass is 32.1. The van der Waals surface area contributed by atoms with Gasteiger partial charge in [-0.05, 0) is 44.2 Å². The second-order valence-corrected chi connectivity index (χ2v) is 6.77. The fraction of sp³-hybridized carbons (Fsp3) is 0.438. The van der Waals surface area contributed by atoms with Gasteiger partial charge in [0, 0.05) is 23.3 Å². The van der Waals surface area contributed by atoms with E-state index in [2.05, 4.69) is 10.3 Å². The van der Waals surface area contributed by atoms with Crippen LogP contribution in [0.3, 0.4) is 0 Å². The molecule has 0 aliphatic heterocycles. The molecule has 1 fully saturated rings. The molecule has 1 saturated carbocycles. The lowest BCUT2D eigenvalue weighted by molar-refractivity contribution is -0.122. The number of hydrogen-bond donors (Lipinski definition) is 1. The fourth-order valence-electron chi connectivity index (χ4n) is 2.44. The molecular formula is C16H19N3O2S. The molecule has 2 heterocycles. The monoisotopic (exact) mass is 317 g/mol. The number of carbonyl (C=O) groups excluding carboxylic acids is 1. The van der Waals surface area contributed by atoms with Crippen LogP contribution >= 0.6 is 11.3 Å². The minimum atomic E-state index is -0.150. The molecule has 1 aliphatic carbocycles. The highest BCUT2D eigenvalue weighted by molar-refractivity contribution is 7.09. The number of aromatic nitrogens is 2. The molecule has 3 rings (SSSR count). The molecule has 0 radical (unpaired) electrons. The van der Waals surface area contributed by atoms with E-state index >= 15 is 0 Å². The van der Waals surface area contributed by atoms with E-state index in [0.29, 0.717) is 5.92 Å². The van der Waals surface area contributed by atoms with Crippen molar-refractivity contribution in [3.63, 3.8) is 0 Å². The van der Waals surface area contributed by atoms with E-state index in [9.17, 15) is 9.59 Å². The quantitative estimate of drug-likeness (QED) is 0.919. The van der Waals surface area contributed by atoms with Crippen molar-refractivity contribution in [3.05, 3.63) is 50.3 Å². The van der Waals surface area contributed by atoms with Crippen molar-refractivity contribution in [3.8, 4) is 0 Å². The molecule has 0 saturated heterocycles. The maximum Gasteiger partial charge on any atom is 0.251 e. The largest absolute Gasteiger partial charge is 0.345 e. The number of aryl methyl sites for hydroxylation is 2. The zero-order chi connectivity index (χ0) is 15.7. The topological polar surface area (TPSA) is 64.0 Å². The van der Waals surface area contributed by atoms with E-state index in [0.717, 1.165) is 29.1 Å². The summed E-state index contributed by atoms with van der Waals surface area (Å²) in [5.74, 6) is 0.333. The van der Waals surface area contributed by atoms with Crippen LogP contribution < -0.4 is 10.9 Å². The summed E-state index contributed by atoms with van der Waals surface area (Å²) >= 11 is 1.59.